The fourth-order valence-corrected chi connectivity index (χ4v) is 2.32. The van der Waals surface area contributed by atoms with Crippen molar-refractivity contribution in [2.24, 2.45) is 0 Å². The van der Waals surface area contributed by atoms with E-state index in [0.717, 1.165) is 6.42 Å². The first-order chi connectivity index (χ1) is 11.8. The molecular formula is C18H30O7. The molecule has 0 aromatic heterocycles. The minimum atomic E-state index is -0.342. The van der Waals surface area contributed by atoms with Crippen molar-refractivity contribution < 1.29 is 33.4 Å². The lowest BCUT2D eigenvalue weighted by molar-refractivity contribution is -0.147. The molecule has 0 N–H and O–H groups in total. The Hall–Kier alpha value is -1.92. The molecule has 0 aliphatic heterocycles. The molecule has 1 atom stereocenters. The quantitative estimate of drug-likeness (QED) is 0.267. The summed E-state index contributed by atoms with van der Waals surface area (Å²) >= 11 is 0. The van der Waals surface area contributed by atoms with Gasteiger partial charge < -0.3 is 14.2 Å². The summed E-state index contributed by atoms with van der Waals surface area (Å²) in [5.74, 6) is -0.865. The highest BCUT2D eigenvalue weighted by atomic mass is 16.5. The van der Waals surface area contributed by atoms with Crippen molar-refractivity contribution >= 4 is 23.7 Å². The van der Waals surface area contributed by atoms with Crippen LogP contribution < -0.4 is 0 Å². The van der Waals surface area contributed by atoms with Gasteiger partial charge in [-0.1, -0.05) is 0 Å². The normalized spacial score (nSPS) is 11.5. The van der Waals surface area contributed by atoms with E-state index in [4.69, 9.17) is 14.2 Å². The summed E-state index contributed by atoms with van der Waals surface area (Å²) in [4.78, 5) is 44.2. The summed E-state index contributed by atoms with van der Waals surface area (Å²) < 4.78 is 14.9. The Bertz CT molecular complexity index is 431. The molecule has 0 saturated heterocycles. The van der Waals surface area contributed by atoms with E-state index < -0.39 is 0 Å². The predicted octanol–water partition coefficient (Wildman–Crippen LogP) is 2.73. The second kappa shape index (κ2) is 14.4. The maximum Gasteiger partial charge on any atom is 0.302 e. The zero-order valence-electron chi connectivity index (χ0n) is 15.5. The second-order valence-corrected chi connectivity index (χ2v) is 5.94. The summed E-state index contributed by atoms with van der Waals surface area (Å²) in [5, 5.41) is 0. The first kappa shape index (κ1) is 23.1. The number of esters is 3. The summed E-state index contributed by atoms with van der Waals surface area (Å²) in [6.07, 6.45) is 4.57. The Morgan fingerprint density at radius 3 is 1.76 bits per heavy atom. The molecule has 1 unspecified atom stereocenters. The summed E-state index contributed by atoms with van der Waals surface area (Å²) in [6.45, 7) is 4.70. The highest BCUT2D eigenvalue weighted by Gasteiger charge is 2.13. The SMILES string of the molecule is CC(=O)OCCCCC(CCCC(=O)CCCOC(C)=O)OC(C)=O. The van der Waals surface area contributed by atoms with Crippen LogP contribution in [0.1, 0.15) is 72.1 Å². The van der Waals surface area contributed by atoms with Crippen LogP contribution in [-0.2, 0) is 33.4 Å². The Balaban J connectivity index is 3.90. The average molecular weight is 358 g/mol. The van der Waals surface area contributed by atoms with Gasteiger partial charge in [-0.05, 0) is 38.5 Å². The molecule has 0 amide bonds. The first-order valence-electron chi connectivity index (χ1n) is 8.77. The second-order valence-electron chi connectivity index (χ2n) is 5.94. The van der Waals surface area contributed by atoms with E-state index in [1.807, 2.05) is 0 Å². The minimum Gasteiger partial charge on any atom is -0.466 e. The van der Waals surface area contributed by atoms with Crippen LogP contribution in [-0.4, -0.2) is 43.0 Å². The monoisotopic (exact) mass is 358 g/mol. The highest BCUT2D eigenvalue weighted by molar-refractivity contribution is 5.78. The molecule has 0 aliphatic rings. The predicted molar refractivity (Wildman–Crippen MR) is 90.8 cm³/mol. The van der Waals surface area contributed by atoms with Crippen LogP contribution >= 0.6 is 0 Å². The highest BCUT2D eigenvalue weighted by Crippen LogP contribution is 2.14. The molecule has 0 rings (SSSR count). The van der Waals surface area contributed by atoms with Crippen LogP contribution in [0.15, 0.2) is 0 Å². The van der Waals surface area contributed by atoms with E-state index in [-0.39, 0.29) is 36.4 Å². The van der Waals surface area contributed by atoms with Crippen LogP contribution in [0.5, 0.6) is 0 Å². The molecular weight excluding hydrogens is 328 g/mol. The van der Waals surface area contributed by atoms with E-state index in [9.17, 15) is 19.2 Å². The van der Waals surface area contributed by atoms with E-state index in [1.54, 1.807) is 0 Å². The lowest BCUT2D eigenvalue weighted by Gasteiger charge is -2.16. The number of carbonyl (C=O) groups excluding carboxylic acids is 4. The Morgan fingerprint density at radius 1 is 0.680 bits per heavy atom. The van der Waals surface area contributed by atoms with Gasteiger partial charge in [0.1, 0.15) is 11.9 Å². The van der Waals surface area contributed by atoms with Crippen molar-refractivity contribution in [1.29, 1.82) is 0 Å². The number of ether oxygens (including phenoxy) is 3. The van der Waals surface area contributed by atoms with E-state index in [1.165, 1.54) is 20.8 Å². The van der Waals surface area contributed by atoms with E-state index >= 15 is 0 Å². The van der Waals surface area contributed by atoms with Gasteiger partial charge >= 0.3 is 17.9 Å². The molecule has 0 aromatic rings. The van der Waals surface area contributed by atoms with Gasteiger partial charge in [0.25, 0.3) is 0 Å². The number of carbonyl (C=O) groups is 4. The lowest BCUT2D eigenvalue weighted by Crippen LogP contribution is -2.17. The number of ketones is 1. The van der Waals surface area contributed by atoms with Crippen molar-refractivity contribution in [2.75, 3.05) is 13.2 Å². The molecule has 0 radical (unpaired) electrons. The van der Waals surface area contributed by atoms with Crippen LogP contribution in [0, 0.1) is 0 Å². The van der Waals surface area contributed by atoms with E-state index in [2.05, 4.69) is 0 Å². The van der Waals surface area contributed by atoms with Crippen LogP contribution in [0.2, 0.25) is 0 Å². The Morgan fingerprint density at radius 2 is 1.20 bits per heavy atom. The van der Waals surface area contributed by atoms with Gasteiger partial charge in [-0.3, -0.25) is 19.2 Å². The van der Waals surface area contributed by atoms with Crippen molar-refractivity contribution in [2.45, 2.75) is 78.2 Å². The standard InChI is InChI=1S/C18H30O7/c1-14(19)23-12-5-4-10-18(25-16(3)21)11-6-8-17(22)9-7-13-24-15(2)20/h18H,4-13H2,1-3H3. The van der Waals surface area contributed by atoms with Crippen molar-refractivity contribution in [1.82, 2.24) is 0 Å². The molecule has 144 valence electrons. The zero-order valence-corrected chi connectivity index (χ0v) is 15.5. The third kappa shape index (κ3) is 16.7. The van der Waals surface area contributed by atoms with E-state index in [0.29, 0.717) is 51.6 Å². The van der Waals surface area contributed by atoms with Crippen LogP contribution in [0.4, 0.5) is 0 Å². The number of hydrogen-bond acceptors (Lipinski definition) is 7. The van der Waals surface area contributed by atoms with Gasteiger partial charge in [-0.15, -0.1) is 0 Å². The number of Topliss-reactive ketones (excluding diaryl/α,β-unsaturated/α-hetero) is 1. The van der Waals surface area contributed by atoms with Crippen molar-refractivity contribution in [3.05, 3.63) is 0 Å². The maximum atomic E-state index is 11.8. The Labute approximate surface area is 149 Å². The first-order valence-corrected chi connectivity index (χ1v) is 8.77. The smallest absolute Gasteiger partial charge is 0.302 e. The molecule has 25 heavy (non-hydrogen) atoms. The molecule has 7 nitrogen and oxygen atoms in total. The van der Waals surface area contributed by atoms with Crippen molar-refractivity contribution in [3.8, 4) is 0 Å². The topological polar surface area (TPSA) is 96.0 Å². The third-order valence-corrected chi connectivity index (χ3v) is 3.45. The molecule has 0 saturated carbocycles. The van der Waals surface area contributed by atoms with Gasteiger partial charge in [0.05, 0.1) is 13.2 Å². The molecule has 0 fully saturated rings. The largest absolute Gasteiger partial charge is 0.466 e. The van der Waals surface area contributed by atoms with Gasteiger partial charge in [0.2, 0.25) is 0 Å². The lowest BCUT2D eigenvalue weighted by atomic mass is 10.0. The summed E-state index contributed by atoms with van der Waals surface area (Å²) in [6, 6.07) is 0. The summed E-state index contributed by atoms with van der Waals surface area (Å²) in [5.41, 5.74) is 0. The molecule has 0 spiro atoms. The molecule has 0 aromatic carbocycles. The fourth-order valence-electron chi connectivity index (χ4n) is 2.32. The number of hydrogen-bond donors (Lipinski definition) is 0. The van der Waals surface area contributed by atoms with Gasteiger partial charge in [0.15, 0.2) is 0 Å². The summed E-state index contributed by atoms with van der Waals surface area (Å²) in [7, 11) is 0. The molecule has 0 bridgehead atoms. The average Bonchev–Trinajstić information content (AvgIpc) is 2.50. The van der Waals surface area contributed by atoms with Crippen molar-refractivity contribution in [3.63, 3.8) is 0 Å². The fraction of sp³-hybridized carbons (Fsp3) is 0.778. The third-order valence-electron chi connectivity index (χ3n) is 3.45. The molecule has 7 heteroatoms. The Kier molecular flexibility index (Phi) is 13.3. The minimum absolute atomic E-state index is 0.114. The van der Waals surface area contributed by atoms with Crippen LogP contribution in [0.3, 0.4) is 0 Å². The van der Waals surface area contributed by atoms with Gasteiger partial charge in [0, 0.05) is 33.6 Å². The maximum absolute atomic E-state index is 11.8. The molecule has 0 aliphatic carbocycles. The number of unbranched alkanes of at least 4 members (excludes halogenated alkanes) is 1. The van der Waals surface area contributed by atoms with Gasteiger partial charge in [-0.2, -0.15) is 0 Å². The zero-order chi connectivity index (χ0) is 19.1. The number of rotatable bonds is 14. The van der Waals surface area contributed by atoms with Gasteiger partial charge in [-0.25, -0.2) is 0 Å². The molecule has 0 heterocycles. The van der Waals surface area contributed by atoms with Crippen LogP contribution in [0.25, 0.3) is 0 Å².